The van der Waals surface area contributed by atoms with Gasteiger partial charge in [-0.2, -0.15) is 4.31 Å². The predicted molar refractivity (Wildman–Crippen MR) is 71.3 cm³/mol. The maximum absolute atomic E-state index is 12.4. The minimum atomic E-state index is -3.48. The number of rotatable bonds is 4. The van der Waals surface area contributed by atoms with Crippen molar-refractivity contribution >= 4 is 10.0 Å². The molecule has 2 rings (SSSR count). The van der Waals surface area contributed by atoms with Gasteiger partial charge in [0.15, 0.2) is 0 Å². The lowest BCUT2D eigenvalue weighted by Gasteiger charge is -2.26. The van der Waals surface area contributed by atoms with Crippen LogP contribution in [0.3, 0.4) is 0 Å². The van der Waals surface area contributed by atoms with Gasteiger partial charge in [0.1, 0.15) is 0 Å². The highest BCUT2D eigenvalue weighted by molar-refractivity contribution is 7.89. The number of nitrogens with zero attached hydrogens (tertiary/aromatic N) is 1. The Labute approximate surface area is 113 Å². The van der Waals surface area contributed by atoms with Gasteiger partial charge in [0.2, 0.25) is 10.0 Å². The van der Waals surface area contributed by atoms with Crippen LogP contribution in [0.1, 0.15) is 25.0 Å². The van der Waals surface area contributed by atoms with Crippen LogP contribution in [-0.4, -0.2) is 44.1 Å². The molecule has 0 bridgehead atoms. The van der Waals surface area contributed by atoms with Gasteiger partial charge in [-0.15, -0.1) is 0 Å². The number of benzene rings is 1. The van der Waals surface area contributed by atoms with Gasteiger partial charge in [0, 0.05) is 13.1 Å². The molecule has 6 heteroatoms. The Bertz CT molecular complexity index is 523. The van der Waals surface area contributed by atoms with Gasteiger partial charge in [-0.3, -0.25) is 0 Å². The molecule has 1 saturated heterocycles. The van der Waals surface area contributed by atoms with Crippen molar-refractivity contribution in [2.24, 2.45) is 0 Å². The molecule has 1 fully saturated rings. The summed E-state index contributed by atoms with van der Waals surface area (Å²) in [5, 5.41) is 9.80. The Morgan fingerprint density at radius 1 is 1.37 bits per heavy atom. The van der Waals surface area contributed by atoms with E-state index in [4.69, 9.17) is 4.74 Å². The molecule has 1 N–H and O–H groups in total. The van der Waals surface area contributed by atoms with Crippen LogP contribution in [0.5, 0.6) is 0 Å². The Morgan fingerprint density at radius 3 is 2.68 bits per heavy atom. The lowest BCUT2D eigenvalue weighted by Crippen LogP contribution is -2.40. The lowest BCUT2D eigenvalue weighted by atomic mass is 10.1. The van der Waals surface area contributed by atoms with Crippen molar-refractivity contribution in [2.45, 2.75) is 24.3 Å². The van der Waals surface area contributed by atoms with Gasteiger partial charge in [-0.25, -0.2) is 8.42 Å². The van der Waals surface area contributed by atoms with E-state index in [9.17, 15) is 13.5 Å². The molecule has 1 heterocycles. The molecule has 1 aliphatic heterocycles. The van der Waals surface area contributed by atoms with Crippen molar-refractivity contribution in [3.05, 3.63) is 29.8 Å². The summed E-state index contributed by atoms with van der Waals surface area (Å²) in [6, 6.07) is 6.53. The van der Waals surface area contributed by atoms with E-state index in [1.165, 1.54) is 4.31 Å². The second-order valence-electron chi connectivity index (χ2n) is 4.51. The first-order valence-corrected chi connectivity index (χ1v) is 7.85. The van der Waals surface area contributed by atoms with Gasteiger partial charge in [-0.1, -0.05) is 19.1 Å². The predicted octanol–water partition coefficient (Wildman–Crippen LogP) is 1.15. The van der Waals surface area contributed by atoms with Gasteiger partial charge < -0.3 is 9.84 Å². The quantitative estimate of drug-likeness (QED) is 0.901. The minimum absolute atomic E-state index is 0.236. The SMILES string of the molecule is CCC(O)c1cccc(S(=O)(=O)N2CCOCC2)c1. The third-order valence-electron chi connectivity index (χ3n) is 3.24. The van der Waals surface area contributed by atoms with E-state index < -0.39 is 16.1 Å². The summed E-state index contributed by atoms with van der Waals surface area (Å²) in [6.07, 6.45) is -0.0685. The maximum atomic E-state index is 12.4. The monoisotopic (exact) mass is 285 g/mol. The molecule has 0 spiro atoms. The van der Waals surface area contributed by atoms with Crippen LogP contribution in [-0.2, 0) is 14.8 Å². The zero-order chi connectivity index (χ0) is 13.9. The molecule has 1 aromatic rings. The molecular formula is C13H19NO4S. The van der Waals surface area contributed by atoms with Crippen LogP contribution in [0.4, 0.5) is 0 Å². The molecule has 0 amide bonds. The van der Waals surface area contributed by atoms with E-state index >= 15 is 0 Å². The van der Waals surface area contributed by atoms with E-state index in [1.54, 1.807) is 24.3 Å². The fourth-order valence-electron chi connectivity index (χ4n) is 2.05. The number of ether oxygens (including phenoxy) is 1. The van der Waals surface area contributed by atoms with Gasteiger partial charge in [-0.05, 0) is 24.1 Å². The zero-order valence-corrected chi connectivity index (χ0v) is 11.8. The molecular weight excluding hydrogens is 266 g/mol. The average molecular weight is 285 g/mol. The van der Waals surface area contributed by atoms with Crippen LogP contribution in [0, 0.1) is 0 Å². The van der Waals surface area contributed by atoms with Crippen LogP contribution in [0.2, 0.25) is 0 Å². The Kier molecular flexibility index (Phi) is 4.57. The normalized spacial score (nSPS) is 19.3. The standard InChI is InChI=1S/C13H19NO4S/c1-2-13(15)11-4-3-5-12(10-11)19(16,17)14-6-8-18-9-7-14/h3-5,10,13,15H,2,6-9H2,1H3. The highest BCUT2D eigenvalue weighted by Crippen LogP contribution is 2.22. The van der Waals surface area contributed by atoms with Crippen molar-refractivity contribution in [1.82, 2.24) is 4.31 Å². The highest BCUT2D eigenvalue weighted by Gasteiger charge is 2.26. The van der Waals surface area contributed by atoms with E-state index in [0.717, 1.165) is 0 Å². The number of sulfonamides is 1. The smallest absolute Gasteiger partial charge is 0.243 e. The fraction of sp³-hybridized carbons (Fsp3) is 0.538. The van der Waals surface area contributed by atoms with Gasteiger partial charge in [0.25, 0.3) is 0 Å². The number of aliphatic hydroxyl groups is 1. The Hall–Kier alpha value is -0.950. The summed E-state index contributed by atoms with van der Waals surface area (Å²) in [6.45, 7) is 3.46. The second-order valence-corrected chi connectivity index (χ2v) is 6.45. The van der Waals surface area contributed by atoms with Crippen LogP contribution < -0.4 is 0 Å². The third-order valence-corrected chi connectivity index (χ3v) is 5.13. The first-order chi connectivity index (χ1) is 9.05. The second kappa shape index (κ2) is 6.00. The molecule has 106 valence electrons. The van der Waals surface area contributed by atoms with E-state index in [1.807, 2.05) is 6.92 Å². The molecule has 0 aromatic heterocycles. The van der Waals surface area contributed by atoms with Gasteiger partial charge in [0.05, 0.1) is 24.2 Å². The first kappa shape index (κ1) is 14.5. The number of hydrogen-bond acceptors (Lipinski definition) is 4. The van der Waals surface area contributed by atoms with E-state index in [2.05, 4.69) is 0 Å². The molecule has 0 aliphatic carbocycles. The molecule has 1 atom stereocenters. The Morgan fingerprint density at radius 2 is 2.05 bits per heavy atom. The van der Waals surface area contributed by atoms with Crippen LogP contribution in [0.15, 0.2) is 29.2 Å². The summed E-state index contributed by atoms with van der Waals surface area (Å²) in [7, 11) is -3.48. The molecule has 19 heavy (non-hydrogen) atoms. The fourth-order valence-corrected chi connectivity index (χ4v) is 3.52. The average Bonchev–Trinajstić information content (AvgIpc) is 2.47. The molecule has 1 aliphatic rings. The van der Waals surface area contributed by atoms with Crippen molar-refractivity contribution in [3.63, 3.8) is 0 Å². The van der Waals surface area contributed by atoms with Gasteiger partial charge >= 0.3 is 0 Å². The number of morpholine rings is 1. The van der Waals surface area contributed by atoms with Crippen LogP contribution in [0.25, 0.3) is 0 Å². The van der Waals surface area contributed by atoms with Crippen molar-refractivity contribution in [1.29, 1.82) is 0 Å². The topological polar surface area (TPSA) is 66.8 Å². The van der Waals surface area contributed by atoms with Crippen molar-refractivity contribution in [3.8, 4) is 0 Å². The van der Waals surface area contributed by atoms with Crippen molar-refractivity contribution < 1.29 is 18.3 Å². The summed E-state index contributed by atoms with van der Waals surface area (Å²) < 4.78 is 31.5. The number of hydrogen-bond donors (Lipinski definition) is 1. The maximum Gasteiger partial charge on any atom is 0.243 e. The van der Waals surface area contributed by atoms with E-state index in [0.29, 0.717) is 38.3 Å². The molecule has 5 nitrogen and oxygen atoms in total. The summed E-state index contributed by atoms with van der Waals surface area (Å²) in [5.41, 5.74) is 0.636. The molecule has 0 saturated carbocycles. The van der Waals surface area contributed by atoms with Crippen LogP contribution >= 0.6 is 0 Å². The minimum Gasteiger partial charge on any atom is -0.388 e. The molecule has 1 unspecified atom stereocenters. The summed E-state index contributed by atoms with van der Waals surface area (Å²) >= 11 is 0. The zero-order valence-electron chi connectivity index (χ0n) is 10.9. The van der Waals surface area contributed by atoms with Crippen molar-refractivity contribution in [2.75, 3.05) is 26.3 Å². The third kappa shape index (κ3) is 3.14. The first-order valence-electron chi connectivity index (χ1n) is 6.41. The summed E-state index contributed by atoms with van der Waals surface area (Å²) in [5.74, 6) is 0. The van der Waals surface area contributed by atoms with E-state index in [-0.39, 0.29) is 4.90 Å². The molecule has 1 aromatic carbocycles. The largest absolute Gasteiger partial charge is 0.388 e. The lowest BCUT2D eigenvalue weighted by molar-refractivity contribution is 0.0730. The highest BCUT2D eigenvalue weighted by atomic mass is 32.2. The Balaban J connectivity index is 2.29. The number of aliphatic hydroxyl groups excluding tert-OH is 1. The molecule has 0 radical (unpaired) electrons. The summed E-state index contributed by atoms with van der Waals surface area (Å²) in [4.78, 5) is 0.236.